The molecule has 0 aliphatic carbocycles. The minimum atomic E-state index is -3.89. The molecule has 2 aromatic heterocycles. The molecule has 0 spiro atoms. The Kier molecular flexibility index (Phi) is 8.88. The lowest BCUT2D eigenvalue weighted by Gasteiger charge is -2.32. The van der Waals surface area contributed by atoms with Crippen LogP contribution in [0.15, 0.2) is 84.1 Å². The summed E-state index contributed by atoms with van der Waals surface area (Å²) < 4.78 is 56.1. The summed E-state index contributed by atoms with van der Waals surface area (Å²) in [5.41, 5.74) is 5.30. The van der Waals surface area contributed by atoms with Gasteiger partial charge in [0.1, 0.15) is 24.4 Å². The highest BCUT2D eigenvalue weighted by atomic mass is 32.2. The van der Waals surface area contributed by atoms with Gasteiger partial charge < -0.3 is 18.9 Å². The van der Waals surface area contributed by atoms with E-state index in [0.29, 0.717) is 0 Å². The first-order chi connectivity index (χ1) is 20.3. The van der Waals surface area contributed by atoms with Crippen LogP contribution >= 0.6 is 22.7 Å². The van der Waals surface area contributed by atoms with E-state index in [1.165, 1.54) is 22.7 Å². The average molecular weight is 627 g/mol. The summed E-state index contributed by atoms with van der Waals surface area (Å²) >= 11 is 2.94. The standard InChI is InChI=1S/C31H34N2O6S3/c1-31(2)38-29-27(36-17-23-15-32-19-40-23)25(13-21-9-5-3-6-10-21)42(34,35)26(14-22-11-7-4-8-12-22)28(30(29)39-31)37-18-24-16-33-20-41-24/h3-12,15-16,19-20,25-30H,13-14,17-18H2,1-2H3/t25-,26-,27+,28+,29+,30+/m1/s1. The molecule has 42 heavy (non-hydrogen) atoms. The van der Waals surface area contributed by atoms with Crippen LogP contribution in [0.3, 0.4) is 0 Å². The van der Waals surface area contributed by atoms with Crippen molar-refractivity contribution < 1.29 is 27.4 Å². The molecule has 2 aliphatic rings. The molecule has 6 rings (SSSR count). The summed E-state index contributed by atoms with van der Waals surface area (Å²) in [6.07, 6.45) is 1.07. The van der Waals surface area contributed by atoms with Gasteiger partial charge in [0.25, 0.3) is 0 Å². The van der Waals surface area contributed by atoms with Crippen LogP contribution in [0.1, 0.15) is 34.7 Å². The number of rotatable bonds is 10. The zero-order valence-corrected chi connectivity index (χ0v) is 25.9. The van der Waals surface area contributed by atoms with Crippen LogP contribution < -0.4 is 0 Å². The van der Waals surface area contributed by atoms with Crippen LogP contribution in [0.4, 0.5) is 0 Å². The molecule has 0 unspecified atom stereocenters. The number of aromatic nitrogens is 2. The Labute approximate surface area is 254 Å². The number of sulfone groups is 1. The van der Waals surface area contributed by atoms with Crippen LogP contribution in [0.2, 0.25) is 0 Å². The quantitative estimate of drug-likeness (QED) is 0.236. The van der Waals surface area contributed by atoms with Crippen molar-refractivity contribution in [3.63, 3.8) is 0 Å². The Hall–Kier alpha value is -2.51. The highest BCUT2D eigenvalue weighted by molar-refractivity contribution is 7.92. The number of fused-ring (bicyclic) bond motifs is 1. The molecule has 0 amide bonds. The molecule has 2 aliphatic heterocycles. The maximum atomic E-state index is 15.0. The van der Waals surface area contributed by atoms with Gasteiger partial charge in [0, 0.05) is 12.4 Å². The molecule has 0 saturated carbocycles. The highest BCUT2D eigenvalue weighted by Crippen LogP contribution is 2.43. The van der Waals surface area contributed by atoms with Gasteiger partial charge in [0.15, 0.2) is 15.6 Å². The molecule has 222 valence electrons. The summed E-state index contributed by atoms with van der Waals surface area (Å²) in [6.45, 7) is 4.15. The molecule has 4 aromatic rings. The molecule has 2 aromatic carbocycles. The third-order valence-corrected chi connectivity index (χ3v) is 11.8. The maximum absolute atomic E-state index is 15.0. The zero-order chi connectivity index (χ0) is 29.2. The van der Waals surface area contributed by atoms with Crippen molar-refractivity contribution in [3.8, 4) is 0 Å². The summed E-state index contributed by atoms with van der Waals surface area (Å²) in [5.74, 6) is -0.955. The van der Waals surface area contributed by atoms with Gasteiger partial charge in [-0.1, -0.05) is 60.7 Å². The highest BCUT2D eigenvalue weighted by Gasteiger charge is 2.60. The fraction of sp³-hybridized carbons (Fsp3) is 0.419. The Morgan fingerprint density at radius 3 is 1.55 bits per heavy atom. The molecule has 0 N–H and O–H groups in total. The van der Waals surface area contributed by atoms with E-state index in [2.05, 4.69) is 9.97 Å². The monoisotopic (exact) mass is 626 g/mol. The van der Waals surface area contributed by atoms with Gasteiger partial charge in [0.2, 0.25) is 0 Å². The summed E-state index contributed by atoms with van der Waals surface area (Å²) in [4.78, 5) is 10.2. The second kappa shape index (κ2) is 12.6. The van der Waals surface area contributed by atoms with Gasteiger partial charge >= 0.3 is 0 Å². The van der Waals surface area contributed by atoms with E-state index >= 15 is 0 Å². The molecule has 2 fully saturated rings. The van der Waals surface area contributed by atoms with Crippen molar-refractivity contribution in [3.05, 3.63) is 105 Å². The van der Waals surface area contributed by atoms with E-state index < -0.39 is 50.5 Å². The summed E-state index contributed by atoms with van der Waals surface area (Å²) in [7, 11) is -3.89. The lowest BCUT2D eigenvalue weighted by Crippen LogP contribution is -2.48. The van der Waals surface area contributed by atoms with Crippen LogP contribution in [0, 0.1) is 0 Å². The van der Waals surface area contributed by atoms with E-state index in [-0.39, 0.29) is 26.1 Å². The number of benzene rings is 2. The second-order valence-corrected chi connectivity index (χ2v) is 15.4. The van der Waals surface area contributed by atoms with E-state index in [9.17, 15) is 8.42 Å². The molecule has 11 heteroatoms. The molecule has 0 radical (unpaired) electrons. The molecular weight excluding hydrogens is 593 g/mol. The number of hydrogen-bond acceptors (Lipinski definition) is 10. The SMILES string of the molecule is CC1(C)O[C@@H]2[C@@H](O1)[C@@H](OCc1cncs1)[C@@H](Cc1ccccc1)S(=O)(=O)[C@H](Cc1ccccc1)[C@@H]2OCc1cncs1. The minimum absolute atomic E-state index is 0.221. The minimum Gasteiger partial charge on any atom is -0.368 e. The zero-order valence-electron chi connectivity index (χ0n) is 23.4. The van der Waals surface area contributed by atoms with Crippen LogP contribution in [0.25, 0.3) is 0 Å². The van der Waals surface area contributed by atoms with Gasteiger partial charge in [-0.3, -0.25) is 9.97 Å². The largest absolute Gasteiger partial charge is 0.368 e. The number of thiazole rings is 2. The first kappa shape index (κ1) is 29.6. The van der Waals surface area contributed by atoms with Crippen LogP contribution in [0.5, 0.6) is 0 Å². The Morgan fingerprint density at radius 1 is 0.738 bits per heavy atom. The lowest BCUT2D eigenvalue weighted by molar-refractivity contribution is -0.167. The molecule has 4 heterocycles. The van der Waals surface area contributed by atoms with E-state index in [4.69, 9.17) is 18.9 Å². The molecule has 0 bridgehead atoms. The molecular formula is C31H34N2O6S3. The van der Waals surface area contributed by atoms with Crippen molar-refractivity contribution in [1.82, 2.24) is 9.97 Å². The third-order valence-electron chi connectivity index (χ3n) is 7.75. The maximum Gasteiger partial charge on any atom is 0.164 e. The van der Waals surface area contributed by atoms with Crippen molar-refractivity contribution in [2.75, 3.05) is 0 Å². The molecule has 2 saturated heterocycles. The predicted octanol–water partition coefficient (Wildman–Crippen LogP) is 5.24. The van der Waals surface area contributed by atoms with Crippen molar-refractivity contribution in [2.24, 2.45) is 0 Å². The van der Waals surface area contributed by atoms with Gasteiger partial charge in [-0.05, 0) is 37.8 Å². The first-order valence-electron chi connectivity index (χ1n) is 13.9. The van der Waals surface area contributed by atoms with E-state index in [1.54, 1.807) is 23.4 Å². The second-order valence-electron chi connectivity index (χ2n) is 11.1. The normalized spacial score (nSPS) is 28.2. The van der Waals surface area contributed by atoms with Crippen molar-refractivity contribution >= 4 is 32.5 Å². The Morgan fingerprint density at radius 2 is 1.17 bits per heavy atom. The lowest BCUT2D eigenvalue weighted by atomic mass is 9.94. The Balaban J connectivity index is 1.46. The van der Waals surface area contributed by atoms with E-state index in [1.807, 2.05) is 74.5 Å². The summed E-state index contributed by atoms with van der Waals surface area (Å²) in [5, 5.41) is -1.80. The van der Waals surface area contributed by atoms with Gasteiger partial charge in [0.05, 0.1) is 44.5 Å². The van der Waals surface area contributed by atoms with E-state index in [0.717, 1.165) is 20.9 Å². The third kappa shape index (κ3) is 6.52. The number of nitrogens with zero attached hydrogens (tertiary/aromatic N) is 2. The Bertz CT molecular complexity index is 1410. The van der Waals surface area contributed by atoms with Gasteiger partial charge in [-0.2, -0.15) is 0 Å². The van der Waals surface area contributed by atoms with Crippen molar-refractivity contribution in [2.45, 2.75) is 80.6 Å². The fourth-order valence-electron chi connectivity index (χ4n) is 5.89. The number of hydrogen-bond donors (Lipinski definition) is 0. The van der Waals surface area contributed by atoms with Crippen LogP contribution in [-0.4, -0.2) is 59.1 Å². The first-order valence-corrected chi connectivity index (χ1v) is 17.3. The number of ether oxygens (including phenoxy) is 4. The fourth-order valence-corrected chi connectivity index (χ4v) is 9.44. The average Bonchev–Trinajstić information content (AvgIpc) is 3.75. The van der Waals surface area contributed by atoms with Gasteiger partial charge in [-0.15, -0.1) is 22.7 Å². The topological polar surface area (TPSA) is 96.8 Å². The van der Waals surface area contributed by atoms with Crippen molar-refractivity contribution in [1.29, 1.82) is 0 Å². The predicted molar refractivity (Wildman–Crippen MR) is 162 cm³/mol. The van der Waals surface area contributed by atoms with Crippen LogP contribution in [-0.2, 0) is 54.8 Å². The van der Waals surface area contributed by atoms with Gasteiger partial charge in [-0.25, -0.2) is 8.42 Å². The summed E-state index contributed by atoms with van der Waals surface area (Å²) in [6, 6.07) is 19.4. The molecule has 8 nitrogen and oxygen atoms in total. The smallest absolute Gasteiger partial charge is 0.164 e. The molecule has 6 atom stereocenters.